The van der Waals surface area contributed by atoms with E-state index >= 15 is 0 Å². The molecule has 0 aliphatic carbocycles. The molecule has 0 radical (unpaired) electrons. The Labute approximate surface area is 117 Å². The first-order valence-electron chi connectivity index (χ1n) is 5.93. The van der Waals surface area contributed by atoms with Crippen LogP contribution in [0.25, 0.3) is 0 Å². The van der Waals surface area contributed by atoms with Crippen molar-refractivity contribution in [3.05, 3.63) is 0 Å². The average Bonchev–Trinajstić information content (AvgIpc) is 2.61. The molecule has 3 amide bonds. The number of likely N-dealkylation sites (tertiary alicyclic amines) is 1. The number of nitrogens with zero attached hydrogens (tertiary/aromatic N) is 2. The first-order chi connectivity index (χ1) is 8.54. The number of halogens is 1. The van der Waals surface area contributed by atoms with E-state index in [-0.39, 0.29) is 43.1 Å². The maximum Gasteiger partial charge on any atom is 0.260 e. The van der Waals surface area contributed by atoms with Crippen LogP contribution >= 0.6 is 12.4 Å². The predicted molar refractivity (Wildman–Crippen MR) is 68.0 cm³/mol. The van der Waals surface area contributed by atoms with E-state index in [1.807, 2.05) is 0 Å². The van der Waals surface area contributed by atoms with Gasteiger partial charge < -0.3 is 10.6 Å². The third-order valence-corrected chi connectivity index (χ3v) is 3.78. The maximum atomic E-state index is 12.1. The molecule has 0 unspecified atom stereocenters. The number of piperidine rings is 1. The lowest BCUT2D eigenvalue weighted by atomic mass is 9.77. The fourth-order valence-corrected chi connectivity index (χ4v) is 2.65. The van der Waals surface area contributed by atoms with Crippen molar-refractivity contribution >= 4 is 30.1 Å². The van der Waals surface area contributed by atoms with Gasteiger partial charge in [-0.05, 0) is 12.8 Å². The van der Waals surface area contributed by atoms with Crippen molar-refractivity contribution in [3.8, 4) is 0 Å². The highest BCUT2D eigenvalue weighted by molar-refractivity contribution is 6.04. The minimum atomic E-state index is -0.682. The molecule has 1 spiro atoms. The Bertz CT molecular complexity index is 393. The van der Waals surface area contributed by atoms with Crippen molar-refractivity contribution in [2.75, 3.05) is 26.7 Å². The van der Waals surface area contributed by atoms with E-state index in [2.05, 4.69) is 0 Å². The number of carbonyl (C=O) groups excluding carboxylic acids is 3. The molecule has 2 N–H and O–H groups in total. The molecule has 0 bridgehead atoms. The van der Waals surface area contributed by atoms with Crippen LogP contribution in [-0.2, 0) is 19.2 Å². The van der Waals surface area contributed by atoms with E-state index in [1.165, 1.54) is 7.11 Å². The smallest absolute Gasteiger partial charge is 0.260 e. The second-order valence-electron chi connectivity index (χ2n) is 4.72. The summed E-state index contributed by atoms with van der Waals surface area (Å²) < 4.78 is 0. The third kappa shape index (κ3) is 2.58. The quantitative estimate of drug-likeness (QED) is 0.679. The van der Waals surface area contributed by atoms with E-state index in [9.17, 15) is 14.4 Å². The van der Waals surface area contributed by atoms with E-state index in [1.54, 1.807) is 4.90 Å². The lowest BCUT2D eigenvalue weighted by molar-refractivity contribution is -0.183. The number of nitrogens with two attached hydrogens (primary N) is 1. The van der Waals surface area contributed by atoms with Gasteiger partial charge in [0.25, 0.3) is 11.8 Å². The molecule has 2 aliphatic rings. The molecule has 7 nitrogen and oxygen atoms in total. The highest BCUT2D eigenvalue weighted by Crippen LogP contribution is 2.42. The first kappa shape index (κ1) is 15.9. The van der Waals surface area contributed by atoms with Crippen LogP contribution in [0.4, 0.5) is 0 Å². The molecular weight excluding hydrogens is 274 g/mol. The molecule has 8 heteroatoms. The van der Waals surface area contributed by atoms with Crippen molar-refractivity contribution in [1.82, 2.24) is 9.96 Å². The summed E-state index contributed by atoms with van der Waals surface area (Å²) >= 11 is 0. The van der Waals surface area contributed by atoms with Crippen LogP contribution in [0, 0.1) is 5.41 Å². The van der Waals surface area contributed by atoms with Crippen LogP contribution in [0.1, 0.15) is 19.3 Å². The van der Waals surface area contributed by atoms with E-state index in [0.29, 0.717) is 25.9 Å². The number of carbonyl (C=O) groups is 3. The number of rotatable bonds is 2. The Morgan fingerprint density at radius 3 is 2.37 bits per heavy atom. The minimum absolute atomic E-state index is 0. The van der Waals surface area contributed by atoms with Gasteiger partial charge in [0.05, 0.1) is 19.1 Å². The fourth-order valence-electron chi connectivity index (χ4n) is 2.65. The third-order valence-electron chi connectivity index (χ3n) is 3.78. The zero-order chi connectivity index (χ0) is 13.3. The van der Waals surface area contributed by atoms with E-state index in [4.69, 9.17) is 10.6 Å². The summed E-state index contributed by atoms with van der Waals surface area (Å²) in [5.41, 5.74) is 4.62. The van der Waals surface area contributed by atoms with Gasteiger partial charge in [0.2, 0.25) is 5.91 Å². The van der Waals surface area contributed by atoms with Crippen molar-refractivity contribution in [2.24, 2.45) is 11.1 Å². The van der Waals surface area contributed by atoms with Crippen LogP contribution in [0.2, 0.25) is 0 Å². The molecule has 2 rings (SSSR count). The van der Waals surface area contributed by atoms with Gasteiger partial charge in [-0.3, -0.25) is 19.2 Å². The summed E-state index contributed by atoms with van der Waals surface area (Å²) in [5, 5.41) is 0.834. The Balaban J connectivity index is 0.00000180. The molecule has 0 aromatic heterocycles. The molecule has 0 atom stereocenters. The molecular formula is C11H18ClN3O4. The topological polar surface area (TPSA) is 92.9 Å². The summed E-state index contributed by atoms with van der Waals surface area (Å²) in [6.07, 6.45) is 1.15. The van der Waals surface area contributed by atoms with Crippen LogP contribution in [0.3, 0.4) is 0 Å². The van der Waals surface area contributed by atoms with Crippen molar-refractivity contribution in [3.63, 3.8) is 0 Å². The normalized spacial score (nSPS) is 21.8. The number of hydrogen-bond donors (Lipinski definition) is 1. The number of imide groups is 1. The Morgan fingerprint density at radius 1 is 1.37 bits per heavy atom. The summed E-state index contributed by atoms with van der Waals surface area (Å²) in [6, 6.07) is 0. The van der Waals surface area contributed by atoms with Gasteiger partial charge in [-0.2, -0.15) is 5.06 Å². The second kappa shape index (κ2) is 5.85. The molecule has 2 saturated heterocycles. The zero-order valence-corrected chi connectivity index (χ0v) is 11.6. The predicted octanol–water partition coefficient (Wildman–Crippen LogP) is -0.704. The summed E-state index contributed by atoms with van der Waals surface area (Å²) in [7, 11) is 1.31. The van der Waals surface area contributed by atoms with E-state index < -0.39 is 5.41 Å². The van der Waals surface area contributed by atoms with Gasteiger partial charge in [0.1, 0.15) is 0 Å². The van der Waals surface area contributed by atoms with E-state index in [0.717, 1.165) is 5.06 Å². The Hall–Kier alpha value is -1.18. The van der Waals surface area contributed by atoms with Crippen LogP contribution in [-0.4, -0.2) is 54.4 Å². The lowest BCUT2D eigenvalue weighted by Crippen LogP contribution is -2.48. The second-order valence-corrected chi connectivity index (χ2v) is 4.72. The standard InChI is InChI=1S/C11H17N3O4.ClH/c1-18-14-8(15)6-11(10(14)17)2-4-13(5-3-11)9(16)7-12;/h2-7,12H2,1H3;1H. The number of amides is 3. The largest absolute Gasteiger partial charge is 0.342 e. The van der Waals surface area contributed by atoms with Crippen molar-refractivity contribution in [2.45, 2.75) is 19.3 Å². The fraction of sp³-hybridized carbons (Fsp3) is 0.727. The van der Waals surface area contributed by atoms with Gasteiger partial charge >= 0.3 is 0 Å². The van der Waals surface area contributed by atoms with Gasteiger partial charge in [0.15, 0.2) is 0 Å². The molecule has 0 aromatic carbocycles. The summed E-state index contributed by atoms with van der Waals surface area (Å²) in [5.74, 6) is -0.707. The molecule has 0 aromatic rings. The van der Waals surface area contributed by atoms with Crippen LogP contribution < -0.4 is 5.73 Å². The maximum absolute atomic E-state index is 12.1. The Kier molecular flexibility index (Phi) is 4.89. The average molecular weight is 292 g/mol. The van der Waals surface area contributed by atoms with Crippen molar-refractivity contribution < 1.29 is 19.2 Å². The van der Waals surface area contributed by atoms with Gasteiger partial charge in [-0.1, -0.05) is 0 Å². The highest BCUT2D eigenvalue weighted by atomic mass is 35.5. The lowest BCUT2D eigenvalue weighted by Gasteiger charge is -2.36. The Morgan fingerprint density at radius 2 is 1.95 bits per heavy atom. The zero-order valence-electron chi connectivity index (χ0n) is 10.8. The highest BCUT2D eigenvalue weighted by Gasteiger charge is 2.53. The molecule has 19 heavy (non-hydrogen) atoms. The minimum Gasteiger partial charge on any atom is -0.342 e. The molecule has 108 valence electrons. The molecule has 2 heterocycles. The van der Waals surface area contributed by atoms with Crippen LogP contribution in [0.5, 0.6) is 0 Å². The molecule has 0 saturated carbocycles. The van der Waals surface area contributed by atoms with Gasteiger partial charge in [0, 0.05) is 19.5 Å². The SMILES string of the molecule is CON1C(=O)CC2(CCN(C(=O)CN)CC2)C1=O.Cl. The molecule has 2 fully saturated rings. The van der Waals surface area contributed by atoms with Gasteiger partial charge in [-0.25, -0.2) is 0 Å². The van der Waals surface area contributed by atoms with Crippen molar-refractivity contribution in [1.29, 1.82) is 0 Å². The number of hydrogen-bond acceptors (Lipinski definition) is 5. The molecule has 2 aliphatic heterocycles. The summed E-state index contributed by atoms with van der Waals surface area (Å²) in [6.45, 7) is 0.906. The summed E-state index contributed by atoms with van der Waals surface area (Å²) in [4.78, 5) is 41.6. The van der Waals surface area contributed by atoms with Gasteiger partial charge in [-0.15, -0.1) is 12.4 Å². The first-order valence-corrected chi connectivity index (χ1v) is 5.93. The van der Waals surface area contributed by atoms with Crippen LogP contribution in [0.15, 0.2) is 0 Å². The monoisotopic (exact) mass is 291 g/mol. The number of hydroxylamine groups is 2.